The van der Waals surface area contributed by atoms with Crippen LogP contribution in [-0.2, 0) is 22.6 Å². The average molecular weight is 478 g/mol. The first-order chi connectivity index (χ1) is 16.4. The number of aryl methyl sites for hydroxylation is 1. The van der Waals surface area contributed by atoms with Crippen molar-refractivity contribution in [3.05, 3.63) is 82.4 Å². The lowest BCUT2D eigenvalue weighted by Crippen LogP contribution is -2.30. The normalized spacial score (nSPS) is 10.9. The Hall–Kier alpha value is -3.65. The summed E-state index contributed by atoms with van der Waals surface area (Å²) in [6, 6.07) is 19.4. The van der Waals surface area contributed by atoms with Gasteiger partial charge in [0.1, 0.15) is 15.5 Å². The predicted octanol–water partition coefficient (Wildman–Crippen LogP) is 4.67. The van der Waals surface area contributed by atoms with Crippen molar-refractivity contribution in [2.24, 2.45) is 0 Å². The number of fused-ring (bicyclic) bond motifs is 1. The van der Waals surface area contributed by atoms with Crippen LogP contribution in [0.1, 0.15) is 33.4 Å². The number of carbonyl (C=O) groups excluding carboxylic acids is 2. The molecule has 0 aliphatic rings. The number of carbonyl (C=O) groups is 2. The summed E-state index contributed by atoms with van der Waals surface area (Å²) in [6.07, 6.45) is 0. The van der Waals surface area contributed by atoms with Gasteiger partial charge in [-0.1, -0.05) is 42.5 Å². The van der Waals surface area contributed by atoms with E-state index in [1.165, 1.54) is 16.2 Å². The van der Waals surface area contributed by atoms with Crippen molar-refractivity contribution in [3.8, 4) is 5.75 Å². The summed E-state index contributed by atoms with van der Waals surface area (Å²) in [5, 5.41) is 5.53. The van der Waals surface area contributed by atoms with E-state index in [1.807, 2.05) is 73.1 Å². The predicted molar refractivity (Wildman–Crippen MR) is 132 cm³/mol. The van der Waals surface area contributed by atoms with Gasteiger partial charge in [-0.2, -0.15) is 5.10 Å². The van der Waals surface area contributed by atoms with Gasteiger partial charge < -0.3 is 14.4 Å². The lowest BCUT2D eigenvalue weighted by atomic mass is 10.2. The van der Waals surface area contributed by atoms with E-state index in [2.05, 4.69) is 5.10 Å². The first kappa shape index (κ1) is 23.5. The summed E-state index contributed by atoms with van der Waals surface area (Å²) in [6.45, 7) is 5.19. The van der Waals surface area contributed by atoms with Crippen molar-refractivity contribution in [1.29, 1.82) is 0 Å². The molecule has 2 heterocycles. The van der Waals surface area contributed by atoms with Crippen LogP contribution in [0.2, 0.25) is 0 Å². The number of hydrogen-bond donors (Lipinski definition) is 0. The van der Waals surface area contributed by atoms with Gasteiger partial charge in [0.25, 0.3) is 5.91 Å². The van der Waals surface area contributed by atoms with Crippen molar-refractivity contribution >= 4 is 33.4 Å². The zero-order valence-corrected chi connectivity index (χ0v) is 20.3. The minimum Gasteiger partial charge on any atom is -0.494 e. The van der Waals surface area contributed by atoms with E-state index in [0.717, 1.165) is 32.8 Å². The van der Waals surface area contributed by atoms with Gasteiger partial charge in [0, 0.05) is 19.0 Å². The van der Waals surface area contributed by atoms with Gasteiger partial charge in [-0.3, -0.25) is 9.48 Å². The Morgan fingerprint density at radius 3 is 2.50 bits per heavy atom. The maximum atomic E-state index is 12.7. The highest BCUT2D eigenvalue weighted by molar-refractivity contribution is 7.20. The Labute approximate surface area is 202 Å². The molecule has 1 amide bonds. The maximum absolute atomic E-state index is 12.7. The van der Waals surface area contributed by atoms with E-state index >= 15 is 0 Å². The first-order valence-electron chi connectivity index (χ1n) is 11.1. The summed E-state index contributed by atoms with van der Waals surface area (Å²) in [5.41, 5.74) is 2.95. The second-order valence-corrected chi connectivity index (χ2v) is 8.99. The molecule has 176 valence electrons. The van der Waals surface area contributed by atoms with Crippen molar-refractivity contribution in [2.45, 2.75) is 26.9 Å². The Morgan fingerprint density at radius 1 is 1.06 bits per heavy atom. The number of nitrogens with zero attached hydrogens (tertiary/aromatic N) is 3. The van der Waals surface area contributed by atoms with Crippen LogP contribution in [0.25, 0.3) is 10.2 Å². The quantitative estimate of drug-likeness (QED) is 0.328. The first-order valence-corrected chi connectivity index (χ1v) is 11.9. The standard InChI is InChI=1S/C26H27N3O4S/c1-4-32-21-12-10-20(11-13-21)15-28(3)24(30)17-33-26(31)23-14-22-18(2)27-29(25(22)34-23)16-19-8-6-5-7-9-19/h5-14H,4,15-17H2,1-3H3. The number of amides is 1. The smallest absolute Gasteiger partial charge is 0.348 e. The molecular weight excluding hydrogens is 450 g/mol. The molecule has 0 aliphatic heterocycles. The van der Waals surface area contributed by atoms with Crippen LogP contribution in [-0.4, -0.2) is 46.8 Å². The molecule has 0 saturated heterocycles. The number of thiophene rings is 1. The molecule has 0 radical (unpaired) electrons. The molecule has 0 spiro atoms. The topological polar surface area (TPSA) is 73.7 Å². The van der Waals surface area contributed by atoms with Gasteiger partial charge in [-0.25, -0.2) is 4.79 Å². The maximum Gasteiger partial charge on any atom is 0.348 e. The van der Waals surface area contributed by atoms with Crippen LogP contribution < -0.4 is 4.74 Å². The van der Waals surface area contributed by atoms with Gasteiger partial charge in [0.2, 0.25) is 0 Å². The van der Waals surface area contributed by atoms with Gasteiger partial charge in [0.05, 0.1) is 18.8 Å². The summed E-state index contributed by atoms with van der Waals surface area (Å²) >= 11 is 1.33. The Morgan fingerprint density at radius 2 is 1.79 bits per heavy atom. The molecule has 0 fully saturated rings. The molecule has 0 atom stereocenters. The molecule has 0 unspecified atom stereocenters. The highest BCUT2D eigenvalue weighted by atomic mass is 32.1. The molecule has 0 N–H and O–H groups in total. The number of ether oxygens (including phenoxy) is 2. The summed E-state index contributed by atoms with van der Waals surface area (Å²) < 4.78 is 12.7. The van der Waals surface area contributed by atoms with Crippen LogP contribution in [0.15, 0.2) is 60.7 Å². The molecule has 34 heavy (non-hydrogen) atoms. The number of benzene rings is 2. The van der Waals surface area contributed by atoms with Crippen molar-refractivity contribution in [2.75, 3.05) is 20.3 Å². The van der Waals surface area contributed by atoms with Crippen LogP contribution in [0.3, 0.4) is 0 Å². The number of rotatable bonds is 9. The zero-order chi connectivity index (χ0) is 24.1. The Kier molecular flexibility index (Phi) is 7.27. The van der Waals surface area contributed by atoms with Crippen molar-refractivity contribution in [3.63, 3.8) is 0 Å². The minimum absolute atomic E-state index is 0.269. The molecule has 4 aromatic rings. The van der Waals surface area contributed by atoms with E-state index in [4.69, 9.17) is 9.47 Å². The number of esters is 1. The highest BCUT2D eigenvalue weighted by Crippen LogP contribution is 2.29. The van der Waals surface area contributed by atoms with Crippen LogP contribution in [0.4, 0.5) is 0 Å². The fraction of sp³-hybridized carbons (Fsp3) is 0.269. The molecule has 0 bridgehead atoms. The SMILES string of the molecule is CCOc1ccc(CN(C)C(=O)COC(=O)c2cc3c(C)nn(Cc4ccccc4)c3s2)cc1. The van der Waals surface area contributed by atoms with Gasteiger partial charge in [0.15, 0.2) is 6.61 Å². The van der Waals surface area contributed by atoms with E-state index < -0.39 is 5.97 Å². The number of hydrogen-bond acceptors (Lipinski definition) is 6. The van der Waals surface area contributed by atoms with Crippen LogP contribution in [0, 0.1) is 6.92 Å². The molecular formula is C26H27N3O4S. The fourth-order valence-corrected chi connectivity index (χ4v) is 4.66. The van der Waals surface area contributed by atoms with Crippen LogP contribution in [0.5, 0.6) is 5.75 Å². The summed E-state index contributed by atoms with van der Waals surface area (Å²) in [4.78, 5) is 28.1. The third-order valence-corrected chi connectivity index (χ3v) is 6.52. The van der Waals surface area contributed by atoms with Gasteiger partial charge in [-0.05, 0) is 43.2 Å². The third kappa shape index (κ3) is 5.46. The van der Waals surface area contributed by atoms with E-state index in [1.54, 1.807) is 13.1 Å². The number of aromatic nitrogens is 2. The molecule has 2 aromatic heterocycles. The van der Waals surface area contributed by atoms with E-state index in [9.17, 15) is 9.59 Å². The second-order valence-electron chi connectivity index (χ2n) is 7.96. The van der Waals surface area contributed by atoms with Gasteiger partial charge in [-0.15, -0.1) is 11.3 Å². The second kappa shape index (κ2) is 10.5. The molecule has 2 aromatic carbocycles. The zero-order valence-electron chi connectivity index (χ0n) is 19.5. The van der Waals surface area contributed by atoms with Crippen LogP contribution >= 0.6 is 11.3 Å². The molecule has 4 rings (SSSR count). The monoisotopic (exact) mass is 477 g/mol. The molecule has 0 saturated carbocycles. The van der Waals surface area contributed by atoms with E-state index in [-0.39, 0.29) is 12.5 Å². The molecule has 8 heteroatoms. The van der Waals surface area contributed by atoms with Gasteiger partial charge >= 0.3 is 5.97 Å². The highest BCUT2D eigenvalue weighted by Gasteiger charge is 2.19. The van der Waals surface area contributed by atoms with Crippen molar-refractivity contribution < 1.29 is 19.1 Å². The lowest BCUT2D eigenvalue weighted by Gasteiger charge is -2.17. The van der Waals surface area contributed by atoms with E-state index in [0.29, 0.717) is 24.6 Å². The Bertz CT molecular complexity index is 1280. The lowest BCUT2D eigenvalue weighted by molar-refractivity contribution is -0.133. The molecule has 0 aliphatic carbocycles. The fourth-order valence-electron chi connectivity index (χ4n) is 3.61. The minimum atomic E-state index is -0.505. The largest absolute Gasteiger partial charge is 0.494 e. The van der Waals surface area contributed by atoms with Crippen molar-refractivity contribution in [1.82, 2.24) is 14.7 Å². The summed E-state index contributed by atoms with van der Waals surface area (Å²) in [7, 11) is 1.69. The Balaban J connectivity index is 1.36. The summed E-state index contributed by atoms with van der Waals surface area (Å²) in [5.74, 6) is 0.0177. The molecule has 7 nitrogen and oxygen atoms in total. The third-order valence-electron chi connectivity index (χ3n) is 5.39. The number of likely N-dealkylation sites (N-methyl/N-ethyl adjacent to an activating group) is 1. The average Bonchev–Trinajstić information content (AvgIpc) is 3.40.